The highest BCUT2D eigenvalue weighted by molar-refractivity contribution is 5.78. The summed E-state index contributed by atoms with van der Waals surface area (Å²) >= 11 is 0. The second-order valence-electron chi connectivity index (χ2n) is 5.67. The summed E-state index contributed by atoms with van der Waals surface area (Å²) in [5.41, 5.74) is 2.88. The predicted octanol–water partition coefficient (Wildman–Crippen LogP) is 2.38. The van der Waals surface area contributed by atoms with Crippen molar-refractivity contribution in [3.05, 3.63) is 54.9 Å². The van der Waals surface area contributed by atoms with E-state index in [1.807, 2.05) is 60.9 Å². The molecule has 0 radical (unpaired) electrons. The van der Waals surface area contributed by atoms with Gasteiger partial charge in [-0.25, -0.2) is 14.6 Å². The summed E-state index contributed by atoms with van der Waals surface area (Å²) in [6, 6.07) is 8.10. The van der Waals surface area contributed by atoms with Gasteiger partial charge in [0.1, 0.15) is 17.3 Å². The van der Waals surface area contributed by atoms with Crippen LogP contribution in [0.5, 0.6) is 0 Å². The first-order chi connectivity index (χ1) is 11.6. The van der Waals surface area contributed by atoms with Gasteiger partial charge in [0, 0.05) is 37.6 Å². The fraction of sp³-hybridized carbons (Fsp3) is 0.176. The van der Waals surface area contributed by atoms with E-state index < -0.39 is 0 Å². The van der Waals surface area contributed by atoms with Crippen molar-refractivity contribution in [2.45, 2.75) is 6.92 Å². The second-order valence-corrected chi connectivity index (χ2v) is 5.67. The average Bonchev–Trinajstić information content (AvgIpc) is 3.27. The van der Waals surface area contributed by atoms with Crippen molar-refractivity contribution in [3.63, 3.8) is 0 Å². The maximum absolute atomic E-state index is 4.64. The van der Waals surface area contributed by atoms with Crippen molar-refractivity contribution in [2.75, 3.05) is 0 Å². The molecule has 0 spiro atoms. The van der Waals surface area contributed by atoms with E-state index in [0.717, 1.165) is 28.5 Å². The normalized spacial score (nSPS) is 11.1. The summed E-state index contributed by atoms with van der Waals surface area (Å²) < 4.78 is 5.57. The van der Waals surface area contributed by atoms with Gasteiger partial charge >= 0.3 is 0 Å². The minimum Gasteiger partial charge on any atom is -0.334 e. The average molecular weight is 319 g/mol. The molecule has 0 saturated carbocycles. The molecule has 0 aliphatic rings. The molecule has 1 aromatic carbocycles. The molecule has 0 N–H and O–H groups in total. The van der Waals surface area contributed by atoms with E-state index in [-0.39, 0.29) is 0 Å². The standard InChI is InChI=1S/C17H17N7/c1-12-20-17(24(21-12)13-10-19-23(3)11-13)15-7-5-4-6-14(15)16-18-8-9-22(16)2/h4-11H,1-3H3. The van der Waals surface area contributed by atoms with Crippen LogP contribution in [0.3, 0.4) is 0 Å². The maximum Gasteiger partial charge on any atom is 0.164 e. The van der Waals surface area contributed by atoms with Gasteiger partial charge in [-0.3, -0.25) is 4.68 Å². The number of aromatic nitrogens is 7. The number of imidazole rings is 1. The highest BCUT2D eigenvalue weighted by Crippen LogP contribution is 2.30. The summed E-state index contributed by atoms with van der Waals surface area (Å²) in [5, 5.41) is 8.78. The Kier molecular flexibility index (Phi) is 3.26. The zero-order valence-electron chi connectivity index (χ0n) is 13.7. The van der Waals surface area contributed by atoms with Crippen LogP contribution in [0, 0.1) is 6.92 Å². The van der Waals surface area contributed by atoms with Crippen molar-refractivity contribution in [2.24, 2.45) is 14.1 Å². The Morgan fingerprint density at radius 2 is 1.75 bits per heavy atom. The van der Waals surface area contributed by atoms with Crippen molar-refractivity contribution in [1.82, 2.24) is 34.1 Å². The maximum atomic E-state index is 4.64. The molecule has 0 aliphatic carbocycles. The number of nitrogens with zero attached hydrogens (tertiary/aromatic N) is 7. The van der Waals surface area contributed by atoms with Crippen LogP contribution < -0.4 is 0 Å². The first-order valence-electron chi connectivity index (χ1n) is 7.63. The number of hydrogen-bond acceptors (Lipinski definition) is 4. The zero-order valence-corrected chi connectivity index (χ0v) is 13.7. The van der Waals surface area contributed by atoms with Gasteiger partial charge in [0.05, 0.1) is 12.4 Å². The van der Waals surface area contributed by atoms with Gasteiger partial charge in [-0.2, -0.15) is 10.2 Å². The molecule has 7 nitrogen and oxygen atoms in total. The van der Waals surface area contributed by atoms with Crippen molar-refractivity contribution in [1.29, 1.82) is 0 Å². The molecule has 4 rings (SSSR count). The molecule has 7 heteroatoms. The van der Waals surface area contributed by atoms with Crippen molar-refractivity contribution >= 4 is 0 Å². The van der Waals surface area contributed by atoms with E-state index in [0.29, 0.717) is 5.82 Å². The Labute approximate surface area is 139 Å². The summed E-state index contributed by atoms with van der Waals surface area (Å²) in [7, 11) is 3.87. The van der Waals surface area contributed by atoms with Gasteiger partial charge < -0.3 is 4.57 Å². The zero-order chi connectivity index (χ0) is 16.7. The third kappa shape index (κ3) is 2.30. The topological polar surface area (TPSA) is 66.3 Å². The molecule has 4 aromatic rings. The fourth-order valence-electron chi connectivity index (χ4n) is 2.79. The van der Waals surface area contributed by atoms with Crippen LogP contribution in [0.1, 0.15) is 5.82 Å². The Morgan fingerprint density at radius 1 is 1.00 bits per heavy atom. The molecule has 0 unspecified atom stereocenters. The largest absolute Gasteiger partial charge is 0.334 e. The lowest BCUT2D eigenvalue weighted by Gasteiger charge is -2.09. The van der Waals surface area contributed by atoms with Crippen LogP contribution >= 0.6 is 0 Å². The van der Waals surface area contributed by atoms with Gasteiger partial charge in [-0.05, 0) is 6.92 Å². The lowest BCUT2D eigenvalue weighted by atomic mass is 10.1. The molecule has 120 valence electrons. The lowest BCUT2D eigenvalue weighted by Crippen LogP contribution is -2.01. The SMILES string of the molecule is Cc1nc(-c2ccccc2-c2nccn2C)n(-c2cnn(C)c2)n1. The minimum absolute atomic E-state index is 0.712. The number of hydrogen-bond donors (Lipinski definition) is 0. The lowest BCUT2D eigenvalue weighted by molar-refractivity contribution is 0.766. The minimum atomic E-state index is 0.712. The Bertz CT molecular complexity index is 1010. The van der Waals surface area contributed by atoms with Crippen LogP contribution in [-0.2, 0) is 14.1 Å². The van der Waals surface area contributed by atoms with Gasteiger partial charge in [-0.15, -0.1) is 0 Å². The smallest absolute Gasteiger partial charge is 0.164 e. The summed E-state index contributed by atoms with van der Waals surface area (Å²) in [6.45, 7) is 1.89. The third-order valence-electron chi connectivity index (χ3n) is 3.88. The van der Waals surface area contributed by atoms with Gasteiger partial charge in [0.2, 0.25) is 0 Å². The molecular formula is C17H17N7. The Hall–Kier alpha value is -3.22. The second kappa shape index (κ2) is 5.45. The third-order valence-corrected chi connectivity index (χ3v) is 3.88. The van der Waals surface area contributed by atoms with Crippen LogP contribution in [0.15, 0.2) is 49.1 Å². The summed E-state index contributed by atoms with van der Waals surface area (Å²) in [4.78, 5) is 9.12. The van der Waals surface area contributed by atoms with Crippen molar-refractivity contribution < 1.29 is 0 Å². The molecule has 0 aliphatic heterocycles. The number of benzene rings is 1. The van der Waals surface area contributed by atoms with Crippen molar-refractivity contribution in [3.8, 4) is 28.5 Å². The highest BCUT2D eigenvalue weighted by atomic mass is 15.4. The molecular weight excluding hydrogens is 302 g/mol. The van der Waals surface area contributed by atoms with E-state index in [1.54, 1.807) is 17.1 Å². The summed E-state index contributed by atoms with van der Waals surface area (Å²) in [5.74, 6) is 2.38. The molecule has 0 fully saturated rings. The molecule has 24 heavy (non-hydrogen) atoms. The molecule has 0 saturated heterocycles. The molecule has 0 amide bonds. The van der Waals surface area contributed by atoms with E-state index in [1.165, 1.54) is 0 Å². The van der Waals surface area contributed by atoms with Crippen LogP contribution in [0.25, 0.3) is 28.5 Å². The van der Waals surface area contributed by atoms with E-state index >= 15 is 0 Å². The van der Waals surface area contributed by atoms with E-state index in [9.17, 15) is 0 Å². The van der Waals surface area contributed by atoms with E-state index in [4.69, 9.17) is 0 Å². The number of aryl methyl sites for hydroxylation is 3. The van der Waals surface area contributed by atoms with Gasteiger partial charge in [0.25, 0.3) is 0 Å². The monoisotopic (exact) mass is 319 g/mol. The Morgan fingerprint density at radius 3 is 2.38 bits per heavy atom. The van der Waals surface area contributed by atoms with Crippen LogP contribution in [0.2, 0.25) is 0 Å². The Balaban J connectivity index is 1.94. The van der Waals surface area contributed by atoms with Crippen LogP contribution in [0.4, 0.5) is 0 Å². The number of rotatable bonds is 3. The fourth-order valence-corrected chi connectivity index (χ4v) is 2.79. The predicted molar refractivity (Wildman–Crippen MR) is 90.5 cm³/mol. The quantitative estimate of drug-likeness (QED) is 0.581. The van der Waals surface area contributed by atoms with E-state index in [2.05, 4.69) is 26.2 Å². The molecule has 0 bridgehead atoms. The first kappa shape index (κ1) is 14.4. The van der Waals surface area contributed by atoms with Gasteiger partial charge in [0.15, 0.2) is 5.82 Å². The molecule has 3 heterocycles. The summed E-state index contributed by atoms with van der Waals surface area (Å²) in [6.07, 6.45) is 7.43. The van der Waals surface area contributed by atoms with Crippen LogP contribution in [-0.4, -0.2) is 34.1 Å². The molecule has 3 aromatic heterocycles. The van der Waals surface area contributed by atoms with Gasteiger partial charge in [-0.1, -0.05) is 24.3 Å². The highest BCUT2D eigenvalue weighted by Gasteiger charge is 2.18. The molecule has 0 atom stereocenters. The first-order valence-corrected chi connectivity index (χ1v) is 7.63.